The van der Waals surface area contributed by atoms with Gasteiger partial charge in [-0.2, -0.15) is 0 Å². The molecule has 1 heterocycles. The van der Waals surface area contributed by atoms with E-state index < -0.39 is 23.8 Å². The molecule has 2 fully saturated rings. The van der Waals surface area contributed by atoms with Crippen molar-refractivity contribution in [2.24, 2.45) is 23.7 Å². The highest BCUT2D eigenvalue weighted by Crippen LogP contribution is 2.46. The van der Waals surface area contributed by atoms with Crippen molar-refractivity contribution in [1.29, 1.82) is 0 Å². The van der Waals surface area contributed by atoms with Crippen LogP contribution in [-0.2, 0) is 9.59 Å². The normalized spacial score (nSPS) is 40.6. The maximum Gasteiger partial charge on any atom is 0.259 e. The van der Waals surface area contributed by atoms with Gasteiger partial charge in [-0.05, 0) is 37.5 Å². The van der Waals surface area contributed by atoms with E-state index in [4.69, 9.17) is 0 Å². The van der Waals surface area contributed by atoms with Crippen LogP contribution >= 0.6 is 0 Å². The summed E-state index contributed by atoms with van der Waals surface area (Å²) < 4.78 is 0. The molecule has 0 bridgehead atoms. The highest BCUT2D eigenvalue weighted by atomic mass is 16.3. The van der Waals surface area contributed by atoms with Gasteiger partial charge in [0.05, 0.1) is 6.10 Å². The lowest BCUT2D eigenvalue weighted by Crippen LogP contribution is -2.38. The Morgan fingerprint density at radius 2 is 1.96 bits per heavy atom. The zero-order valence-corrected chi connectivity index (χ0v) is 13.7. The minimum absolute atomic E-state index is 0.0793. The quantitative estimate of drug-likeness (QED) is 0.314. The molecule has 0 radical (unpaired) electrons. The van der Waals surface area contributed by atoms with Crippen LogP contribution < -0.4 is 5.32 Å². The van der Waals surface area contributed by atoms with Crippen LogP contribution in [-0.4, -0.2) is 34.0 Å². The number of hydrogen-bond acceptors (Lipinski definition) is 4. The van der Waals surface area contributed by atoms with Crippen molar-refractivity contribution in [3.05, 3.63) is 23.5 Å². The van der Waals surface area contributed by atoms with Crippen molar-refractivity contribution in [2.75, 3.05) is 0 Å². The fraction of sp³-hybridized carbons (Fsp3) is 0.667. The molecule has 3 aliphatic rings. The molecule has 2 aliphatic carbocycles. The van der Waals surface area contributed by atoms with Crippen LogP contribution in [0.2, 0.25) is 0 Å². The van der Waals surface area contributed by atoms with Gasteiger partial charge in [-0.15, -0.1) is 0 Å². The SMILES string of the molecule is C[C@@H]1C=CC2CCCCC2[C@@H]1/C(O)=C1/C(=O)NC([C@@H](C)O)C1=O. The van der Waals surface area contributed by atoms with Gasteiger partial charge >= 0.3 is 0 Å². The van der Waals surface area contributed by atoms with Crippen molar-refractivity contribution in [2.45, 2.75) is 51.7 Å². The molecule has 5 heteroatoms. The van der Waals surface area contributed by atoms with Crippen LogP contribution in [0.1, 0.15) is 39.5 Å². The number of allylic oxidation sites excluding steroid dienone is 3. The number of hydrogen-bond donors (Lipinski definition) is 3. The number of aliphatic hydroxyl groups is 2. The van der Waals surface area contributed by atoms with Gasteiger partial charge in [0.15, 0.2) is 5.78 Å². The fourth-order valence-electron chi connectivity index (χ4n) is 4.45. The van der Waals surface area contributed by atoms with Gasteiger partial charge in [0.2, 0.25) is 0 Å². The molecule has 1 aliphatic heterocycles. The van der Waals surface area contributed by atoms with E-state index >= 15 is 0 Å². The molecule has 6 atom stereocenters. The Labute approximate surface area is 136 Å². The molecular weight excluding hydrogens is 294 g/mol. The fourth-order valence-corrected chi connectivity index (χ4v) is 4.45. The Kier molecular flexibility index (Phi) is 4.32. The monoisotopic (exact) mass is 319 g/mol. The van der Waals surface area contributed by atoms with E-state index in [0.29, 0.717) is 5.92 Å². The summed E-state index contributed by atoms with van der Waals surface area (Å²) in [6.07, 6.45) is 7.78. The predicted octanol–water partition coefficient (Wildman–Crippen LogP) is 1.88. The molecule has 1 saturated heterocycles. The molecule has 5 nitrogen and oxygen atoms in total. The summed E-state index contributed by atoms with van der Waals surface area (Å²) in [4.78, 5) is 24.6. The third-order valence-corrected chi connectivity index (χ3v) is 5.66. The molecule has 0 aromatic carbocycles. The zero-order chi connectivity index (χ0) is 16.7. The molecule has 23 heavy (non-hydrogen) atoms. The van der Waals surface area contributed by atoms with Gasteiger partial charge < -0.3 is 15.5 Å². The van der Waals surface area contributed by atoms with E-state index in [2.05, 4.69) is 17.5 Å². The molecule has 3 rings (SSSR count). The summed E-state index contributed by atoms with van der Waals surface area (Å²) in [7, 11) is 0. The number of fused-ring (bicyclic) bond motifs is 1. The highest BCUT2D eigenvalue weighted by molar-refractivity contribution is 6.27. The van der Waals surface area contributed by atoms with Crippen molar-refractivity contribution in [3.8, 4) is 0 Å². The lowest BCUT2D eigenvalue weighted by Gasteiger charge is -2.41. The number of Topliss-reactive ketones (excluding diaryl/α,β-unsaturated/α-hetero) is 1. The molecule has 3 N–H and O–H groups in total. The van der Waals surface area contributed by atoms with Crippen LogP contribution in [0.25, 0.3) is 0 Å². The van der Waals surface area contributed by atoms with Gasteiger partial charge in [0, 0.05) is 5.92 Å². The summed E-state index contributed by atoms with van der Waals surface area (Å²) in [5.41, 5.74) is -0.146. The highest BCUT2D eigenvalue weighted by Gasteiger charge is 2.45. The van der Waals surface area contributed by atoms with E-state index in [9.17, 15) is 19.8 Å². The van der Waals surface area contributed by atoms with E-state index in [1.807, 2.05) is 6.92 Å². The van der Waals surface area contributed by atoms with E-state index in [1.165, 1.54) is 13.3 Å². The summed E-state index contributed by atoms with van der Waals surface area (Å²) in [6.45, 7) is 3.48. The van der Waals surface area contributed by atoms with Gasteiger partial charge in [-0.25, -0.2) is 0 Å². The molecule has 0 aromatic rings. The number of aliphatic hydroxyl groups excluding tert-OH is 2. The molecule has 126 valence electrons. The first-order valence-corrected chi connectivity index (χ1v) is 8.56. The Bertz CT molecular complexity index is 578. The number of carbonyl (C=O) groups is 2. The van der Waals surface area contributed by atoms with Gasteiger partial charge in [0.25, 0.3) is 5.91 Å². The molecule has 1 saturated carbocycles. The van der Waals surface area contributed by atoms with Crippen LogP contribution in [0.3, 0.4) is 0 Å². The van der Waals surface area contributed by atoms with Crippen LogP contribution in [0.4, 0.5) is 0 Å². The molecule has 3 unspecified atom stereocenters. The number of carbonyl (C=O) groups excluding carboxylic acids is 2. The van der Waals surface area contributed by atoms with Crippen molar-refractivity contribution in [1.82, 2.24) is 5.32 Å². The summed E-state index contributed by atoms with van der Waals surface area (Å²) >= 11 is 0. The average molecular weight is 319 g/mol. The third kappa shape index (κ3) is 2.71. The number of amides is 1. The largest absolute Gasteiger partial charge is 0.511 e. The topological polar surface area (TPSA) is 86.6 Å². The van der Waals surface area contributed by atoms with E-state index in [0.717, 1.165) is 19.3 Å². The lowest BCUT2D eigenvalue weighted by molar-refractivity contribution is -0.118. The van der Waals surface area contributed by atoms with Crippen molar-refractivity contribution >= 4 is 11.7 Å². The van der Waals surface area contributed by atoms with Crippen LogP contribution in [0, 0.1) is 23.7 Å². The maximum atomic E-state index is 12.4. The van der Waals surface area contributed by atoms with Gasteiger partial charge in [0.1, 0.15) is 17.4 Å². The third-order valence-electron chi connectivity index (χ3n) is 5.66. The van der Waals surface area contributed by atoms with Crippen molar-refractivity contribution in [3.63, 3.8) is 0 Å². The predicted molar refractivity (Wildman–Crippen MR) is 85.5 cm³/mol. The second-order valence-corrected chi connectivity index (χ2v) is 7.20. The standard InChI is InChI=1S/C18H25NO4/c1-9-7-8-11-5-3-4-6-12(11)13(9)16(21)14-17(22)15(10(2)20)19-18(14)23/h7-13,15,20-21H,3-6H2,1-2H3,(H,19,23)/b16-14-/t9-,10-,11?,12?,13-,15?/m1/s1. The number of nitrogens with one attached hydrogen (secondary N) is 1. The maximum absolute atomic E-state index is 12.4. The summed E-state index contributed by atoms with van der Waals surface area (Å²) in [6, 6.07) is -0.948. The molecule has 1 amide bonds. The zero-order valence-electron chi connectivity index (χ0n) is 13.7. The first-order chi connectivity index (χ1) is 10.9. The summed E-state index contributed by atoms with van der Waals surface area (Å²) in [5.74, 6) is -0.536. The molecule has 0 aromatic heterocycles. The second kappa shape index (κ2) is 6.11. The number of rotatable bonds is 2. The minimum atomic E-state index is -0.970. The Morgan fingerprint density at radius 1 is 1.26 bits per heavy atom. The number of ketones is 1. The lowest BCUT2D eigenvalue weighted by atomic mass is 9.64. The minimum Gasteiger partial charge on any atom is -0.511 e. The van der Waals surface area contributed by atoms with Gasteiger partial charge in [-0.1, -0.05) is 31.9 Å². The Balaban J connectivity index is 1.97. The molecular formula is C18H25NO4. The van der Waals surface area contributed by atoms with E-state index in [1.54, 1.807) is 0 Å². The first-order valence-electron chi connectivity index (χ1n) is 8.56. The first kappa shape index (κ1) is 16.2. The van der Waals surface area contributed by atoms with Crippen molar-refractivity contribution < 1.29 is 19.8 Å². The smallest absolute Gasteiger partial charge is 0.259 e. The van der Waals surface area contributed by atoms with Gasteiger partial charge in [-0.3, -0.25) is 9.59 Å². The van der Waals surface area contributed by atoms with Crippen LogP contribution in [0.15, 0.2) is 23.5 Å². The molecule has 0 spiro atoms. The Morgan fingerprint density at radius 3 is 2.61 bits per heavy atom. The Hall–Kier alpha value is -1.62. The van der Waals surface area contributed by atoms with Crippen LogP contribution in [0.5, 0.6) is 0 Å². The van der Waals surface area contributed by atoms with E-state index in [-0.39, 0.29) is 29.1 Å². The summed E-state index contributed by atoms with van der Waals surface area (Å²) in [5, 5.41) is 22.9. The average Bonchev–Trinajstić information content (AvgIpc) is 2.81. The second-order valence-electron chi connectivity index (χ2n) is 7.20.